The predicted molar refractivity (Wildman–Crippen MR) is 96.8 cm³/mol. The monoisotopic (exact) mass is 395 g/mol. The smallest absolute Gasteiger partial charge is 0.272 e. The van der Waals surface area contributed by atoms with Crippen LogP contribution < -0.4 is 5.32 Å². The molecule has 0 aliphatic carbocycles. The van der Waals surface area contributed by atoms with E-state index in [1.54, 1.807) is 30.3 Å². The third-order valence-corrected chi connectivity index (χ3v) is 3.83. The molecule has 0 radical (unpaired) electrons. The largest absolute Gasteiger partial charge is 0.319 e. The Morgan fingerprint density at radius 2 is 1.84 bits per heavy atom. The summed E-state index contributed by atoms with van der Waals surface area (Å²) in [7, 11) is 0. The van der Waals surface area contributed by atoms with E-state index in [9.17, 15) is 20.2 Å². The first-order valence-corrected chi connectivity index (χ1v) is 7.77. The molecule has 2 aromatic rings. The Bertz CT molecular complexity index is 913. The number of nitriles is 1. The maximum Gasteiger partial charge on any atom is 0.272 e. The molecule has 126 valence electrons. The molecule has 2 rings (SSSR count). The molecule has 2 aromatic carbocycles. The van der Waals surface area contributed by atoms with Gasteiger partial charge in [0, 0.05) is 17.2 Å². The molecule has 0 saturated heterocycles. The molecule has 9 heteroatoms. The second-order valence-electron chi connectivity index (χ2n) is 4.72. The minimum absolute atomic E-state index is 0.0221. The molecule has 0 aliphatic rings. The highest BCUT2D eigenvalue weighted by Crippen LogP contribution is 2.35. The summed E-state index contributed by atoms with van der Waals surface area (Å²) in [6, 6.07) is 10.4. The van der Waals surface area contributed by atoms with E-state index < -0.39 is 10.8 Å². The number of carbonyl (C=O) groups is 1. The summed E-state index contributed by atoms with van der Waals surface area (Å²) in [6.07, 6.45) is 1.34. The fourth-order valence-corrected chi connectivity index (χ4v) is 2.65. The van der Waals surface area contributed by atoms with E-state index in [4.69, 9.17) is 34.8 Å². The molecule has 0 spiro atoms. The van der Waals surface area contributed by atoms with E-state index in [1.807, 2.05) is 0 Å². The lowest BCUT2D eigenvalue weighted by Crippen LogP contribution is -2.14. The molecule has 1 N–H and O–H groups in total. The van der Waals surface area contributed by atoms with Crippen molar-refractivity contribution in [3.05, 3.63) is 72.7 Å². The number of non-ortho nitro benzene ring substituents is 1. The Morgan fingerprint density at radius 3 is 2.36 bits per heavy atom. The zero-order valence-corrected chi connectivity index (χ0v) is 14.6. The minimum atomic E-state index is -0.764. The average Bonchev–Trinajstić information content (AvgIpc) is 2.55. The van der Waals surface area contributed by atoms with Crippen LogP contribution in [-0.2, 0) is 4.79 Å². The number of hydrogen-bond donors (Lipinski definition) is 1. The van der Waals surface area contributed by atoms with Gasteiger partial charge in [-0.15, -0.1) is 0 Å². The number of benzene rings is 2. The first-order valence-electron chi connectivity index (χ1n) is 6.64. The lowest BCUT2D eigenvalue weighted by Gasteiger charge is -2.09. The maximum absolute atomic E-state index is 12.3. The van der Waals surface area contributed by atoms with Gasteiger partial charge in [0.2, 0.25) is 0 Å². The van der Waals surface area contributed by atoms with Crippen LogP contribution >= 0.6 is 34.8 Å². The zero-order valence-electron chi connectivity index (χ0n) is 12.3. The number of amides is 1. The van der Waals surface area contributed by atoms with Crippen LogP contribution in [-0.4, -0.2) is 10.8 Å². The summed E-state index contributed by atoms with van der Waals surface area (Å²) in [4.78, 5) is 22.4. The Hall–Kier alpha value is -2.59. The number of rotatable bonds is 4. The van der Waals surface area contributed by atoms with Crippen LogP contribution in [0.5, 0.6) is 0 Å². The van der Waals surface area contributed by atoms with Crippen LogP contribution in [0.2, 0.25) is 15.1 Å². The highest BCUT2D eigenvalue weighted by molar-refractivity contribution is 6.40. The fraction of sp³-hybridized carbons (Fsp3) is 0. The lowest BCUT2D eigenvalue weighted by atomic mass is 10.1. The van der Waals surface area contributed by atoms with Gasteiger partial charge >= 0.3 is 0 Å². The third kappa shape index (κ3) is 4.70. The summed E-state index contributed by atoms with van der Waals surface area (Å²) in [5.74, 6) is -0.764. The van der Waals surface area contributed by atoms with Crippen LogP contribution in [0.15, 0.2) is 42.0 Å². The van der Waals surface area contributed by atoms with Gasteiger partial charge in [0.25, 0.3) is 11.6 Å². The molecule has 0 fully saturated rings. The number of anilines is 1. The second kappa shape index (κ2) is 7.99. The van der Waals surface area contributed by atoms with Gasteiger partial charge in [0.05, 0.1) is 20.7 Å². The number of halogens is 3. The van der Waals surface area contributed by atoms with Crippen molar-refractivity contribution in [2.75, 3.05) is 5.32 Å². The number of nitrogens with one attached hydrogen (secondary N) is 1. The van der Waals surface area contributed by atoms with Gasteiger partial charge in [0.1, 0.15) is 11.6 Å². The molecule has 0 bridgehead atoms. The molecule has 1 amide bonds. The van der Waals surface area contributed by atoms with Crippen LogP contribution in [0.1, 0.15) is 5.56 Å². The van der Waals surface area contributed by atoms with Crippen molar-refractivity contribution >= 4 is 58.2 Å². The molecule has 0 aliphatic heterocycles. The number of carbonyl (C=O) groups excluding carboxylic acids is 1. The van der Waals surface area contributed by atoms with Gasteiger partial charge in [-0.2, -0.15) is 5.26 Å². The van der Waals surface area contributed by atoms with Crippen LogP contribution in [0.3, 0.4) is 0 Å². The summed E-state index contributed by atoms with van der Waals surface area (Å²) in [6.45, 7) is 0. The summed E-state index contributed by atoms with van der Waals surface area (Å²) in [5, 5.41) is 22.6. The first-order chi connectivity index (χ1) is 11.8. The van der Waals surface area contributed by atoms with E-state index in [0.29, 0.717) is 10.6 Å². The molecule has 0 atom stereocenters. The summed E-state index contributed by atoms with van der Waals surface area (Å²) < 4.78 is 0. The Morgan fingerprint density at radius 1 is 1.20 bits per heavy atom. The fourth-order valence-electron chi connectivity index (χ4n) is 1.88. The number of nitro groups is 1. The first kappa shape index (κ1) is 18.7. The number of nitrogens with zero attached hydrogens (tertiary/aromatic N) is 2. The van der Waals surface area contributed by atoms with Crippen molar-refractivity contribution in [2.45, 2.75) is 0 Å². The Balaban J connectivity index is 2.32. The topological polar surface area (TPSA) is 96.0 Å². The quantitative estimate of drug-likeness (QED) is 0.336. The van der Waals surface area contributed by atoms with E-state index in [-0.39, 0.29) is 27.0 Å². The molecule has 25 heavy (non-hydrogen) atoms. The SMILES string of the molecule is N#C/C(=C\c1cccc(Cl)c1)C(=O)Nc1c(Cl)cc([N+](=O)[O-])cc1Cl. The van der Waals surface area contributed by atoms with Gasteiger partial charge in [-0.1, -0.05) is 46.9 Å². The summed E-state index contributed by atoms with van der Waals surface area (Å²) >= 11 is 17.7. The van der Waals surface area contributed by atoms with Gasteiger partial charge in [-0.05, 0) is 23.8 Å². The maximum atomic E-state index is 12.3. The van der Waals surface area contributed by atoms with E-state index in [0.717, 1.165) is 12.1 Å². The van der Waals surface area contributed by atoms with E-state index in [2.05, 4.69) is 5.32 Å². The highest BCUT2D eigenvalue weighted by atomic mass is 35.5. The molecular formula is C16H8Cl3N3O3. The normalized spacial score (nSPS) is 10.9. The molecular weight excluding hydrogens is 389 g/mol. The Kier molecular flexibility index (Phi) is 5.99. The van der Waals surface area contributed by atoms with E-state index in [1.165, 1.54) is 6.08 Å². The third-order valence-electron chi connectivity index (χ3n) is 3.00. The van der Waals surface area contributed by atoms with Crippen molar-refractivity contribution in [1.29, 1.82) is 5.26 Å². The van der Waals surface area contributed by atoms with Crippen LogP contribution in [0.25, 0.3) is 6.08 Å². The summed E-state index contributed by atoms with van der Waals surface area (Å²) in [5.41, 5.74) is 0.00185. The minimum Gasteiger partial charge on any atom is -0.319 e. The van der Waals surface area contributed by atoms with Crippen molar-refractivity contribution in [3.63, 3.8) is 0 Å². The molecule has 0 saturated carbocycles. The molecule has 0 heterocycles. The van der Waals surface area contributed by atoms with Crippen LogP contribution in [0.4, 0.5) is 11.4 Å². The van der Waals surface area contributed by atoms with Gasteiger partial charge < -0.3 is 5.32 Å². The van der Waals surface area contributed by atoms with Crippen molar-refractivity contribution in [1.82, 2.24) is 0 Å². The standard InChI is InChI=1S/C16H8Cl3N3O3/c17-11-3-1-2-9(5-11)4-10(8-20)16(23)21-15-13(18)6-12(22(24)25)7-14(15)19/h1-7H,(H,21,23)/b10-4+. The van der Waals surface area contributed by atoms with E-state index >= 15 is 0 Å². The van der Waals surface area contributed by atoms with Crippen molar-refractivity contribution in [2.24, 2.45) is 0 Å². The second-order valence-corrected chi connectivity index (χ2v) is 5.97. The highest BCUT2D eigenvalue weighted by Gasteiger charge is 2.18. The van der Waals surface area contributed by atoms with Gasteiger partial charge in [0.15, 0.2) is 0 Å². The lowest BCUT2D eigenvalue weighted by molar-refractivity contribution is -0.384. The number of nitro benzene ring substituents is 1. The average molecular weight is 397 g/mol. The van der Waals surface area contributed by atoms with Crippen molar-refractivity contribution < 1.29 is 9.72 Å². The molecule has 6 nitrogen and oxygen atoms in total. The predicted octanol–water partition coefficient (Wildman–Crippen LogP) is 5.10. The zero-order chi connectivity index (χ0) is 18.6. The molecule has 0 unspecified atom stereocenters. The van der Waals surface area contributed by atoms with Gasteiger partial charge in [-0.25, -0.2) is 0 Å². The Labute approximate surface area is 157 Å². The van der Waals surface area contributed by atoms with Gasteiger partial charge in [-0.3, -0.25) is 14.9 Å². The van der Waals surface area contributed by atoms with Crippen molar-refractivity contribution in [3.8, 4) is 6.07 Å². The molecule has 0 aromatic heterocycles. The number of hydrogen-bond acceptors (Lipinski definition) is 4. The van der Waals surface area contributed by atoms with Crippen LogP contribution in [0, 0.1) is 21.4 Å².